The van der Waals surface area contributed by atoms with Crippen LogP contribution in [-0.4, -0.2) is 33.6 Å². The van der Waals surface area contributed by atoms with Gasteiger partial charge in [-0.05, 0) is 24.3 Å². The lowest BCUT2D eigenvalue weighted by atomic mass is 10.2. The van der Waals surface area contributed by atoms with Crippen LogP contribution in [0.2, 0.25) is 0 Å². The van der Waals surface area contributed by atoms with Gasteiger partial charge in [-0.3, -0.25) is 9.78 Å². The Morgan fingerprint density at radius 2 is 2.29 bits per heavy atom. The number of hydrogen-bond acceptors (Lipinski definition) is 4. The molecule has 1 aliphatic heterocycles. The summed E-state index contributed by atoms with van der Waals surface area (Å²) in [6.07, 6.45) is 1.58. The molecule has 0 radical (unpaired) electrons. The minimum absolute atomic E-state index is 0.100. The molecule has 0 aliphatic carbocycles. The number of nitrogens with zero attached hydrogens (tertiary/aromatic N) is 3. The highest BCUT2D eigenvalue weighted by Crippen LogP contribution is 2.26. The molecule has 122 valence electrons. The maximum Gasteiger partial charge on any atom is 0.269 e. The fourth-order valence-electron chi connectivity index (χ4n) is 2.94. The fourth-order valence-corrected chi connectivity index (χ4v) is 2.94. The van der Waals surface area contributed by atoms with E-state index < -0.39 is 0 Å². The number of rotatable bonds is 3. The first-order valence-corrected chi connectivity index (χ1v) is 7.66. The van der Waals surface area contributed by atoms with E-state index in [1.165, 1.54) is 12.1 Å². The fraction of sp³-hybridized carbons (Fsp3) is 0.235. The molecule has 3 heterocycles. The predicted octanol–water partition coefficient (Wildman–Crippen LogP) is 2.07. The number of hydrogen-bond donors (Lipinski definition) is 1. The number of halogens is 1. The van der Waals surface area contributed by atoms with Crippen molar-refractivity contribution in [3.05, 3.63) is 59.9 Å². The van der Waals surface area contributed by atoms with E-state index in [1.54, 1.807) is 30.5 Å². The van der Waals surface area contributed by atoms with Gasteiger partial charge in [0.15, 0.2) is 0 Å². The van der Waals surface area contributed by atoms with E-state index in [4.69, 9.17) is 4.74 Å². The molecule has 0 spiro atoms. The summed E-state index contributed by atoms with van der Waals surface area (Å²) in [5.41, 5.74) is 1.80. The normalized spacial score (nSPS) is 16.8. The van der Waals surface area contributed by atoms with Crippen molar-refractivity contribution in [2.24, 2.45) is 0 Å². The number of carbonyl (C=O) groups excluding carboxylic acids is 1. The van der Waals surface area contributed by atoms with Crippen molar-refractivity contribution >= 4 is 16.9 Å². The van der Waals surface area contributed by atoms with Crippen LogP contribution in [0.3, 0.4) is 0 Å². The molecule has 2 aromatic heterocycles. The zero-order valence-corrected chi connectivity index (χ0v) is 12.8. The zero-order chi connectivity index (χ0) is 16.5. The number of pyridine rings is 1. The summed E-state index contributed by atoms with van der Waals surface area (Å²) >= 11 is 0. The molecule has 7 heteroatoms. The van der Waals surface area contributed by atoms with Gasteiger partial charge >= 0.3 is 0 Å². The maximum absolute atomic E-state index is 13.4. The zero-order valence-electron chi connectivity index (χ0n) is 12.8. The molecule has 1 atom stereocenters. The highest BCUT2D eigenvalue weighted by Gasteiger charge is 2.24. The first-order chi connectivity index (χ1) is 11.7. The molecule has 0 saturated carbocycles. The van der Waals surface area contributed by atoms with Crippen LogP contribution in [0.1, 0.15) is 22.4 Å². The molecule has 1 aliphatic rings. The van der Waals surface area contributed by atoms with Gasteiger partial charge in [-0.25, -0.2) is 9.37 Å². The van der Waals surface area contributed by atoms with Gasteiger partial charge in [-0.2, -0.15) is 0 Å². The SMILES string of the molecule is O=C(NC[C@H]1COCc2nc3cc(F)ccc3n21)c1ccccn1. The summed E-state index contributed by atoms with van der Waals surface area (Å²) in [4.78, 5) is 20.6. The predicted molar refractivity (Wildman–Crippen MR) is 85.0 cm³/mol. The molecule has 1 aromatic carbocycles. The third-order valence-electron chi connectivity index (χ3n) is 4.03. The lowest BCUT2D eigenvalue weighted by Crippen LogP contribution is -2.36. The van der Waals surface area contributed by atoms with Crippen molar-refractivity contribution in [3.8, 4) is 0 Å². The van der Waals surface area contributed by atoms with E-state index in [-0.39, 0.29) is 17.8 Å². The highest BCUT2D eigenvalue weighted by molar-refractivity contribution is 5.92. The van der Waals surface area contributed by atoms with Crippen LogP contribution in [-0.2, 0) is 11.3 Å². The average molecular weight is 326 g/mol. The second-order valence-corrected chi connectivity index (χ2v) is 5.63. The summed E-state index contributed by atoms with van der Waals surface area (Å²) in [5, 5.41) is 2.87. The molecule has 0 fully saturated rings. The molecule has 0 unspecified atom stereocenters. The van der Waals surface area contributed by atoms with Gasteiger partial charge < -0.3 is 14.6 Å². The van der Waals surface area contributed by atoms with Gasteiger partial charge in [-0.1, -0.05) is 6.07 Å². The highest BCUT2D eigenvalue weighted by atomic mass is 19.1. The summed E-state index contributed by atoms with van der Waals surface area (Å²) < 4.78 is 21.0. The van der Waals surface area contributed by atoms with E-state index in [0.29, 0.717) is 31.0 Å². The molecule has 4 rings (SSSR count). The average Bonchev–Trinajstić information content (AvgIpc) is 2.98. The van der Waals surface area contributed by atoms with Crippen LogP contribution in [0, 0.1) is 5.82 Å². The van der Waals surface area contributed by atoms with Gasteiger partial charge in [0, 0.05) is 18.8 Å². The smallest absolute Gasteiger partial charge is 0.269 e. The van der Waals surface area contributed by atoms with Crippen molar-refractivity contribution in [3.63, 3.8) is 0 Å². The number of nitrogens with one attached hydrogen (secondary N) is 1. The number of fused-ring (bicyclic) bond motifs is 3. The Hall–Kier alpha value is -2.80. The van der Waals surface area contributed by atoms with Crippen LogP contribution in [0.5, 0.6) is 0 Å². The van der Waals surface area contributed by atoms with Crippen molar-refractivity contribution in [2.45, 2.75) is 12.6 Å². The van der Waals surface area contributed by atoms with Gasteiger partial charge in [0.25, 0.3) is 5.91 Å². The van der Waals surface area contributed by atoms with Crippen LogP contribution in [0.15, 0.2) is 42.6 Å². The van der Waals surface area contributed by atoms with E-state index in [1.807, 2.05) is 4.57 Å². The summed E-state index contributed by atoms with van der Waals surface area (Å²) in [6, 6.07) is 9.61. The number of aromatic nitrogens is 3. The van der Waals surface area contributed by atoms with E-state index >= 15 is 0 Å². The third kappa shape index (κ3) is 2.63. The lowest BCUT2D eigenvalue weighted by molar-refractivity contribution is 0.0552. The largest absolute Gasteiger partial charge is 0.371 e. The molecule has 3 aromatic rings. The van der Waals surface area contributed by atoms with Crippen LogP contribution >= 0.6 is 0 Å². The van der Waals surface area contributed by atoms with Crippen LogP contribution in [0.4, 0.5) is 4.39 Å². The first kappa shape index (κ1) is 14.8. The Bertz CT molecular complexity index is 894. The minimum atomic E-state index is -0.320. The summed E-state index contributed by atoms with van der Waals surface area (Å²) in [5.74, 6) is 0.177. The molecule has 0 bridgehead atoms. The molecular weight excluding hydrogens is 311 g/mol. The second-order valence-electron chi connectivity index (χ2n) is 5.63. The quantitative estimate of drug-likeness (QED) is 0.800. The van der Waals surface area contributed by atoms with Gasteiger partial charge in [0.1, 0.15) is 23.9 Å². The van der Waals surface area contributed by atoms with E-state index in [2.05, 4.69) is 15.3 Å². The topological polar surface area (TPSA) is 69.0 Å². The molecule has 0 saturated heterocycles. The number of carbonyl (C=O) groups is 1. The van der Waals surface area contributed by atoms with Gasteiger partial charge in [-0.15, -0.1) is 0 Å². The van der Waals surface area contributed by atoms with Crippen molar-refractivity contribution < 1.29 is 13.9 Å². The monoisotopic (exact) mass is 326 g/mol. The molecule has 6 nitrogen and oxygen atoms in total. The first-order valence-electron chi connectivity index (χ1n) is 7.66. The van der Waals surface area contributed by atoms with Crippen LogP contribution in [0.25, 0.3) is 11.0 Å². The van der Waals surface area contributed by atoms with Crippen LogP contribution < -0.4 is 5.32 Å². The molecule has 1 amide bonds. The number of amides is 1. The maximum atomic E-state index is 13.4. The van der Waals surface area contributed by atoms with E-state index in [9.17, 15) is 9.18 Å². The van der Waals surface area contributed by atoms with Crippen molar-refractivity contribution in [1.82, 2.24) is 19.9 Å². The molecule has 24 heavy (non-hydrogen) atoms. The van der Waals surface area contributed by atoms with Crippen molar-refractivity contribution in [1.29, 1.82) is 0 Å². The summed E-state index contributed by atoms with van der Waals surface area (Å²) in [6.45, 7) is 1.21. The Kier molecular flexibility index (Phi) is 3.70. The van der Waals surface area contributed by atoms with E-state index in [0.717, 1.165) is 11.3 Å². The summed E-state index contributed by atoms with van der Waals surface area (Å²) in [7, 11) is 0. The molecule has 1 N–H and O–H groups in total. The number of imidazole rings is 1. The Balaban J connectivity index is 1.58. The Morgan fingerprint density at radius 1 is 1.38 bits per heavy atom. The minimum Gasteiger partial charge on any atom is -0.371 e. The second kappa shape index (κ2) is 6.01. The number of ether oxygens (including phenoxy) is 1. The van der Waals surface area contributed by atoms with Gasteiger partial charge in [0.05, 0.1) is 23.7 Å². The standard InChI is InChI=1S/C17H15FN4O2/c18-11-4-5-15-14(7-11)21-16-10-24-9-12(22(15)16)8-20-17(23)13-3-1-2-6-19-13/h1-7,12H,8-10H2,(H,20,23)/t12-/m0/s1. The lowest BCUT2D eigenvalue weighted by Gasteiger charge is -2.26. The third-order valence-corrected chi connectivity index (χ3v) is 4.03. The molecular formula is C17H15FN4O2. The Labute approximate surface area is 137 Å². The Morgan fingerprint density at radius 3 is 3.12 bits per heavy atom. The van der Waals surface area contributed by atoms with Crippen molar-refractivity contribution in [2.75, 3.05) is 13.2 Å². The van der Waals surface area contributed by atoms with Gasteiger partial charge in [0.2, 0.25) is 0 Å². The number of benzene rings is 1.